The van der Waals surface area contributed by atoms with E-state index < -0.39 is 17.9 Å². The van der Waals surface area contributed by atoms with Gasteiger partial charge in [-0.25, -0.2) is 0 Å². The normalized spacial score (nSPS) is 17.7. The van der Waals surface area contributed by atoms with Gasteiger partial charge in [-0.2, -0.15) is 0 Å². The van der Waals surface area contributed by atoms with E-state index in [0.29, 0.717) is 40.8 Å². The van der Waals surface area contributed by atoms with Crippen LogP contribution in [0.4, 0.5) is 5.69 Å². The van der Waals surface area contributed by atoms with Gasteiger partial charge in [-0.15, -0.1) is 0 Å². The lowest BCUT2D eigenvalue weighted by molar-refractivity contribution is -0.152. The van der Waals surface area contributed by atoms with E-state index in [4.69, 9.17) is 23.5 Å². The van der Waals surface area contributed by atoms with Gasteiger partial charge in [-0.1, -0.05) is 11.2 Å². The molecule has 1 aliphatic rings. The number of benzene rings is 2. The van der Waals surface area contributed by atoms with Crippen LogP contribution >= 0.6 is 0 Å². The van der Waals surface area contributed by atoms with Crippen molar-refractivity contribution in [3.05, 3.63) is 65.5 Å². The molecule has 0 radical (unpaired) electrons. The number of methoxy groups -OCH3 is 3. The molecule has 2 heterocycles. The van der Waals surface area contributed by atoms with Crippen LogP contribution in [-0.4, -0.2) is 38.4 Å². The summed E-state index contributed by atoms with van der Waals surface area (Å²) in [7, 11) is 4.67. The van der Waals surface area contributed by atoms with Gasteiger partial charge in [0, 0.05) is 18.2 Å². The smallest absolute Gasteiger partial charge is 0.311 e. The van der Waals surface area contributed by atoms with Gasteiger partial charge in [-0.3, -0.25) is 9.59 Å². The Balaban J connectivity index is 1.72. The summed E-state index contributed by atoms with van der Waals surface area (Å²) >= 11 is 0. The van der Waals surface area contributed by atoms with Crippen molar-refractivity contribution < 1.29 is 33.1 Å². The average molecular weight is 481 g/mol. The molecule has 1 fully saturated rings. The Hall–Kier alpha value is -4.01. The summed E-state index contributed by atoms with van der Waals surface area (Å²) in [6.45, 7) is 1.76. The standard InChI is InChI=1S/C26H28N2O7/c1-16-13-20(35-27-16)15-34-26(30)21-10-12-24(29)28(18-6-8-19(31-2)9-7-18)25(21)17-5-11-22(32-3)23(14-17)33-4/h5-9,11,13-14,21,25H,10,12,15H2,1-4H3/t21-,25+/m1/s1. The molecule has 9 heteroatoms. The van der Waals surface area contributed by atoms with Gasteiger partial charge in [0.15, 0.2) is 23.9 Å². The topological polar surface area (TPSA) is 100 Å². The fourth-order valence-corrected chi connectivity index (χ4v) is 4.34. The molecule has 1 amide bonds. The lowest BCUT2D eigenvalue weighted by Gasteiger charge is -2.40. The molecule has 1 aromatic heterocycles. The number of hydrogen-bond donors (Lipinski definition) is 0. The summed E-state index contributed by atoms with van der Waals surface area (Å²) in [6, 6.07) is 13.6. The van der Waals surface area contributed by atoms with Crippen LogP contribution in [0.5, 0.6) is 17.2 Å². The number of aryl methyl sites for hydroxylation is 1. The van der Waals surface area contributed by atoms with E-state index in [-0.39, 0.29) is 18.9 Å². The van der Waals surface area contributed by atoms with Gasteiger partial charge in [-0.05, 0) is 55.3 Å². The zero-order valence-corrected chi connectivity index (χ0v) is 20.1. The predicted octanol–water partition coefficient (Wildman–Crippen LogP) is 4.24. The summed E-state index contributed by atoms with van der Waals surface area (Å²) in [5.41, 5.74) is 2.08. The average Bonchev–Trinajstić information content (AvgIpc) is 3.31. The molecule has 35 heavy (non-hydrogen) atoms. The number of ether oxygens (including phenoxy) is 4. The van der Waals surface area contributed by atoms with E-state index >= 15 is 0 Å². The third-order valence-corrected chi connectivity index (χ3v) is 6.03. The lowest BCUT2D eigenvalue weighted by atomic mass is 9.83. The molecule has 0 saturated carbocycles. The first kappa shape index (κ1) is 24.1. The van der Waals surface area contributed by atoms with Crippen molar-refractivity contribution in [2.45, 2.75) is 32.4 Å². The summed E-state index contributed by atoms with van der Waals surface area (Å²) in [5, 5.41) is 3.83. The summed E-state index contributed by atoms with van der Waals surface area (Å²) in [4.78, 5) is 28.2. The number of carbonyl (C=O) groups is 2. The molecule has 9 nitrogen and oxygen atoms in total. The van der Waals surface area contributed by atoms with E-state index in [0.717, 1.165) is 5.56 Å². The molecular weight excluding hydrogens is 452 g/mol. The molecule has 0 bridgehead atoms. The molecule has 3 aromatic rings. The second-order valence-corrected chi connectivity index (χ2v) is 8.21. The first-order valence-electron chi connectivity index (χ1n) is 11.2. The summed E-state index contributed by atoms with van der Waals surface area (Å²) < 4.78 is 26.9. The van der Waals surface area contributed by atoms with Crippen LogP contribution in [0.3, 0.4) is 0 Å². The zero-order valence-electron chi connectivity index (χ0n) is 20.1. The van der Waals surface area contributed by atoms with Gasteiger partial charge in [0.05, 0.1) is 39.0 Å². The molecule has 0 N–H and O–H groups in total. The fourth-order valence-electron chi connectivity index (χ4n) is 4.34. The number of esters is 1. The van der Waals surface area contributed by atoms with E-state index in [2.05, 4.69) is 5.16 Å². The monoisotopic (exact) mass is 480 g/mol. The maximum atomic E-state index is 13.3. The highest BCUT2D eigenvalue weighted by molar-refractivity contribution is 5.97. The molecule has 184 valence electrons. The lowest BCUT2D eigenvalue weighted by Crippen LogP contribution is -2.46. The Bertz CT molecular complexity index is 1190. The van der Waals surface area contributed by atoms with Crippen LogP contribution < -0.4 is 19.1 Å². The minimum Gasteiger partial charge on any atom is -0.497 e. The number of aromatic nitrogens is 1. The van der Waals surface area contributed by atoms with Gasteiger partial charge in [0.1, 0.15) is 5.75 Å². The number of piperidine rings is 1. The van der Waals surface area contributed by atoms with Crippen molar-refractivity contribution in [3.8, 4) is 17.2 Å². The fraction of sp³-hybridized carbons (Fsp3) is 0.346. The number of rotatable bonds is 8. The Morgan fingerprint density at radius 2 is 1.77 bits per heavy atom. The first-order chi connectivity index (χ1) is 16.9. The summed E-state index contributed by atoms with van der Waals surface area (Å²) in [5.74, 6) is 1.04. The van der Waals surface area contributed by atoms with Crippen LogP contribution in [0.15, 0.2) is 53.1 Å². The minimum absolute atomic E-state index is 0.0364. The molecule has 2 aromatic carbocycles. The molecule has 2 atom stereocenters. The highest BCUT2D eigenvalue weighted by Gasteiger charge is 2.42. The quantitative estimate of drug-likeness (QED) is 0.442. The SMILES string of the molecule is COc1ccc(N2C(=O)CC[C@@H](C(=O)OCc3cc(C)no3)[C@@H]2c2ccc(OC)c(OC)c2)cc1. The molecule has 0 aliphatic carbocycles. The number of anilines is 1. The van der Waals surface area contributed by atoms with E-state index in [1.165, 1.54) is 0 Å². The van der Waals surface area contributed by atoms with Gasteiger partial charge in [0.25, 0.3) is 0 Å². The molecule has 0 unspecified atom stereocenters. The Morgan fingerprint density at radius 1 is 1.03 bits per heavy atom. The second kappa shape index (κ2) is 10.5. The Morgan fingerprint density at radius 3 is 2.40 bits per heavy atom. The number of hydrogen-bond acceptors (Lipinski definition) is 8. The van der Waals surface area contributed by atoms with Crippen LogP contribution in [-0.2, 0) is 20.9 Å². The van der Waals surface area contributed by atoms with Crippen molar-refractivity contribution in [2.75, 3.05) is 26.2 Å². The van der Waals surface area contributed by atoms with Gasteiger partial charge < -0.3 is 28.4 Å². The molecule has 0 spiro atoms. The van der Waals surface area contributed by atoms with Crippen molar-refractivity contribution in [1.82, 2.24) is 5.16 Å². The maximum absolute atomic E-state index is 13.3. The van der Waals surface area contributed by atoms with Gasteiger partial charge >= 0.3 is 5.97 Å². The molecule has 1 saturated heterocycles. The van der Waals surface area contributed by atoms with E-state index in [1.807, 2.05) is 6.07 Å². The highest BCUT2D eigenvalue weighted by atomic mass is 16.6. The van der Waals surface area contributed by atoms with E-state index in [9.17, 15) is 9.59 Å². The van der Waals surface area contributed by atoms with Crippen LogP contribution in [0.25, 0.3) is 0 Å². The number of carbonyl (C=O) groups excluding carboxylic acids is 2. The third-order valence-electron chi connectivity index (χ3n) is 6.03. The molecule has 4 rings (SSSR count). The second-order valence-electron chi connectivity index (χ2n) is 8.21. The van der Waals surface area contributed by atoms with Crippen molar-refractivity contribution in [3.63, 3.8) is 0 Å². The Kier molecular flexibility index (Phi) is 7.24. The zero-order chi connectivity index (χ0) is 24.9. The first-order valence-corrected chi connectivity index (χ1v) is 11.2. The van der Waals surface area contributed by atoms with Crippen LogP contribution in [0.1, 0.15) is 35.9 Å². The summed E-state index contributed by atoms with van der Waals surface area (Å²) in [6.07, 6.45) is 0.551. The number of amides is 1. The van der Waals surface area contributed by atoms with Gasteiger partial charge in [0.2, 0.25) is 5.91 Å². The van der Waals surface area contributed by atoms with E-state index in [1.54, 1.807) is 75.6 Å². The molecular formula is C26H28N2O7. The van der Waals surface area contributed by atoms with Crippen LogP contribution in [0, 0.1) is 12.8 Å². The van der Waals surface area contributed by atoms with Crippen molar-refractivity contribution in [2.24, 2.45) is 5.92 Å². The Labute approximate surface area is 203 Å². The minimum atomic E-state index is -0.617. The predicted molar refractivity (Wildman–Crippen MR) is 127 cm³/mol. The molecule has 1 aliphatic heterocycles. The largest absolute Gasteiger partial charge is 0.497 e. The highest BCUT2D eigenvalue weighted by Crippen LogP contribution is 2.43. The maximum Gasteiger partial charge on any atom is 0.311 e. The van der Waals surface area contributed by atoms with Crippen molar-refractivity contribution >= 4 is 17.6 Å². The number of nitrogens with zero attached hydrogens (tertiary/aromatic N) is 2. The third kappa shape index (κ3) is 5.08. The van der Waals surface area contributed by atoms with Crippen LogP contribution in [0.2, 0.25) is 0 Å². The van der Waals surface area contributed by atoms with Crippen molar-refractivity contribution in [1.29, 1.82) is 0 Å².